The van der Waals surface area contributed by atoms with E-state index in [1.165, 1.54) is 0 Å². The van der Waals surface area contributed by atoms with Gasteiger partial charge in [0.1, 0.15) is 5.75 Å². The quantitative estimate of drug-likeness (QED) is 0.383. The summed E-state index contributed by atoms with van der Waals surface area (Å²) in [6.45, 7) is 3.17. The summed E-state index contributed by atoms with van der Waals surface area (Å²) in [6.07, 6.45) is -4.84. The zero-order valence-electron chi connectivity index (χ0n) is 15.5. The van der Waals surface area contributed by atoms with E-state index < -0.39 is 18.0 Å². The van der Waals surface area contributed by atoms with E-state index in [0.717, 1.165) is 15.3 Å². The molecule has 0 radical (unpaired) electrons. The molecule has 2 aromatic carbocycles. The number of alkyl halides is 3. The van der Waals surface area contributed by atoms with Crippen LogP contribution in [-0.2, 0) is 17.4 Å². The molecule has 2 heterocycles. The van der Waals surface area contributed by atoms with Gasteiger partial charge in [-0.3, -0.25) is 4.79 Å². The molecular formula is C20H15F3N4O2. The summed E-state index contributed by atoms with van der Waals surface area (Å²) in [6, 6.07) is 12.9. The number of fused-ring (bicyclic) bond motifs is 2. The van der Waals surface area contributed by atoms with Crippen molar-refractivity contribution in [1.82, 2.24) is 19.6 Å². The van der Waals surface area contributed by atoms with Crippen molar-refractivity contribution in [2.24, 2.45) is 0 Å². The Morgan fingerprint density at radius 2 is 1.79 bits per heavy atom. The molecule has 0 bridgehead atoms. The van der Waals surface area contributed by atoms with E-state index in [0.29, 0.717) is 22.7 Å². The molecule has 0 amide bonds. The molecule has 0 saturated carbocycles. The molecule has 0 fully saturated rings. The van der Waals surface area contributed by atoms with Crippen molar-refractivity contribution in [3.05, 3.63) is 65.2 Å². The lowest BCUT2D eigenvalue weighted by Crippen LogP contribution is -2.15. The van der Waals surface area contributed by atoms with Crippen LogP contribution >= 0.6 is 0 Å². The second-order valence-electron chi connectivity index (χ2n) is 6.57. The van der Waals surface area contributed by atoms with Gasteiger partial charge in [-0.2, -0.15) is 18.2 Å². The van der Waals surface area contributed by atoms with Gasteiger partial charge >= 0.3 is 12.1 Å². The van der Waals surface area contributed by atoms with Crippen LogP contribution in [-0.4, -0.2) is 25.6 Å². The molecule has 4 aromatic rings. The lowest BCUT2D eigenvalue weighted by molar-refractivity contribution is -0.144. The van der Waals surface area contributed by atoms with Crippen molar-refractivity contribution in [3.63, 3.8) is 0 Å². The molecule has 9 heteroatoms. The molecule has 0 spiro atoms. The predicted octanol–water partition coefficient (Wildman–Crippen LogP) is 4.06. The van der Waals surface area contributed by atoms with E-state index in [1.807, 2.05) is 30.3 Å². The van der Waals surface area contributed by atoms with Gasteiger partial charge in [-0.05, 0) is 36.8 Å². The Hall–Kier alpha value is -3.49. The summed E-state index contributed by atoms with van der Waals surface area (Å²) in [4.78, 5) is 19.9. The molecule has 0 atom stereocenters. The number of esters is 1. The van der Waals surface area contributed by atoms with E-state index in [1.54, 1.807) is 26.0 Å². The Labute approximate surface area is 163 Å². The minimum atomic E-state index is -4.68. The number of hydrogen-bond donors (Lipinski definition) is 0. The molecule has 0 aliphatic rings. The van der Waals surface area contributed by atoms with Gasteiger partial charge in [0.2, 0.25) is 0 Å². The number of rotatable bonds is 3. The Kier molecular flexibility index (Phi) is 4.45. The first kappa shape index (κ1) is 18.9. The van der Waals surface area contributed by atoms with E-state index in [4.69, 9.17) is 4.74 Å². The summed E-state index contributed by atoms with van der Waals surface area (Å²) in [5.41, 5.74) is 1.19. The summed E-state index contributed by atoms with van der Waals surface area (Å²) in [5.74, 6) is -1.61. The Bertz CT molecular complexity index is 1250. The normalized spacial score (nSPS) is 11.9. The standard InChI is InChI=1S/C20H15F3N4O2/c1-11-16(12(2)27-19(24-11)25-18(26-27)20(21,22)23)10-17(28)29-15-8-7-13-5-3-4-6-14(13)9-15/h3-9H,10H2,1-2H3. The Morgan fingerprint density at radius 3 is 2.52 bits per heavy atom. The van der Waals surface area contributed by atoms with Crippen molar-refractivity contribution in [2.45, 2.75) is 26.4 Å². The molecule has 29 heavy (non-hydrogen) atoms. The van der Waals surface area contributed by atoms with Crippen molar-refractivity contribution < 1.29 is 22.7 Å². The third kappa shape index (κ3) is 3.63. The van der Waals surface area contributed by atoms with Crippen LogP contribution in [0.5, 0.6) is 5.75 Å². The molecule has 0 unspecified atom stereocenters. The van der Waals surface area contributed by atoms with E-state index in [2.05, 4.69) is 15.1 Å². The van der Waals surface area contributed by atoms with Crippen LogP contribution < -0.4 is 4.74 Å². The minimum absolute atomic E-state index is 0.158. The highest BCUT2D eigenvalue weighted by Gasteiger charge is 2.37. The number of hydrogen-bond acceptors (Lipinski definition) is 5. The molecule has 4 rings (SSSR count). The maximum Gasteiger partial charge on any atom is 0.453 e. The zero-order valence-corrected chi connectivity index (χ0v) is 15.5. The molecule has 148 valence electrons. The van der Waals surface area contributed by atoms with Gasteiger partial charge in [-0.15, -0.1) is 5.10 Å². The van der Waals surface area contributed by atoms with E-state index >= 15 is 0 Å². The van der Waals surface area contributed by atoms with Crippen LogP contribution in [0.3, 0.4) is 0 Å². The van der Waals surface area contributed by atoms with Crippen LogP contribution in [0.25, 0.3) is 16.6 Å². The summed E-state index contributed by atoms with van der Waals surface area (Å²) in [7, 11) is 0. The number of ether oxygens (including phenoxy) is 1. The first-order chi connectivity index (χ1) is 13.7. The third-order valence-electron chi connectivity index (χ3n) is 4.58. The van der Waals surface area contributed by atoms with E-state index in [-0.39, 0.29) is 12.2 Å². The fourth-order valence-electron chi connectivity index (χ4n) is 3.13. The zero-order chi connectivity index (χ0) is 20.8. The molecule has 0 saturated heterocycles. The van der Waals surface area contributed by atoms with Gasteiger partial charge in [0, 0.05) is 17.0 Å². The maximum atomic E-state index is 12.9. The van der Waals surface area contributed by atoms with Crippen molar-refractivity contribution in [1.29, 1.82) is 0 Å². The van der Waals surface area contributed by atoms with Crippen molar-refractivity contribution >= 4 is 22.5 Å². The molecule has 6 nitrogen and oxygen atoms in total. The molecule has 0 aliphatic carbocycles. The largest absolute Gasteiger partial charge is 0.453 e. The van der Waals surface area contributed by atoms with Gasteiger partial charge in [0.15, 0.2) is 0 Å². The Balaban J connectivity index is 1.61. The Morgan fingerprint density at radius 1 is 1.07 bits per heavy atom. The molecule has 0 N–H and O–H groups in total. The highest BCUT2D eigenvalue weighted by molar-refractivity contribution is 5.85. The SMILES string of the molecule is Cc1nc2nc(C(F)(F)F)nn2c(C)c1CC(=O)Oc1ccc2ccccc2c1. The topological polar surface area (TPSA) is 69.4 Å². The highest BCUT2D eigenvalue weighted by atomic mass is 19.4. The lowest BCUT2D eigenvalue weighted by Gasteiger charge is -2.10. The smallest absolute Gasteiger partial charge is 0.426 e. The van der Waals surface area contributed by atoms with Crippen LogP contribution in [0.4, 0.5) is 13.2 Å². The minimum Gasteiger partial charge on any atom is -0.426 e. The van der Waals surface area contributed by atoms with E-state index in [9.17, 15) is 18.0 Å². The summed E-state index contributed by atoms with van der Waals surface area (Å²) in [5, 5.41) is 5.42. The van der Waals surface area contributed by atoms with Crippen molar-refractivity contribution in [2.75, 3.05) is 0 Å². The number of carbonyl (C=O) groups is 1. The van der Waals surface area contributed by atoms with Gasteiger partial charge in [0.25, 0.3) is 11.6 Å². The van der Waals surface area contributed by atoms with Crippen molar-refractivity contribution in [3.8, 4) is 5.75 Å². The predicted molar refractivity (Wildman–Crippen MR) is 98.5 cm³/mol. The molecular weight excluding hydrogens is 385 g/mol. The average Bonchev–Trinajstić information content (AvgIpc) is 3.09. The first-order valence-corrected chi connectivity index (χ1v) is 8.72. The number of nitrogens with zero attached hydrogens (tertiary/aromatic N) is 4. The van der Waals surface area contributed by atoms with Gasteiger partial charge in [0.05, 0.1) is 6.42 Å². The summed E-state index contributed by atoms with van der Waals surface area (Å²) >= 11 is 0. The highest BCUT2D eigenvalue weighted by Crippen LogP contribution is 2.27. The second kappa shape index (κ2) is 6.84. The van der Waals surface area contributed by atoms with Gasteiger partial charge < -0.3 is 4.74 Å². The number of benzene rings is 2. The monoisotopic (exact) mass is 400 g/mol. The molecule has 0 aliphatic heterocycles. The van der Waals surface area contributed by atoms with Gasteiger partial charge in [-0.25, -0.2) is 9.50 Å². The second-order valence-corrected chi connectivity index (χ2v) is 6.57. The fourth-order valence-corrected chi connectivity index (χ4v) is 3.13. The number of aromatic nitrogens is 4. The van der Waals surface area contributed by atoms with Crippen LogP contribution in [0, 0.1) is 13.8 Å². The average molecular weight is 400 g/mol. The fraction of sp³-hybridized carbons (Fsp3) is 0.200. The third-order valence-corrected chi connectivity index (χ3v) is 4.58. The number of carbonyl (C=O) groups excluding carboxylic acids is 1. The lowest BCUT2D eigenvalue weighted by atomic mass is 10.1. The number of halogens is 3. The number of aryl methyl sites for hydroxylation is 2. The van der Waals surface area contributed by atoms with Gasteiger partial charge in [-0.1, -0.05) is 30.3 Å². The van der Waals surface area contributed by atoms with Crippen LogP contribution in [0.15, 0.2) is 42.5 Å². The maximum absolute atomic E-state index is 12.9. The van der Waals surface area contributed by atoms with Crippen LogP contribution in [0.1, 0.15) is 22.8 Å². The van der Waals surface area contributed by atoms with Crippen LogP contribution in [0.2, 0.25) is 0 Å². The summed E-state index contributed by atoms with van der Waals surface area (Å²) < 4.78 is 45.1. The first-order valence-electron chi connectivity index (χ1n) is 8.72. The molecule has 2 aromatic heterocycles.